The molecule has 0 atom stereocenters. The Kier molecular flexibility index (Phi) is 4.81. The molecule has 0 aromatic heterocycles. The molecule has 3 aromatic rings. The fourth-order valence-corrected chi connectivity index (χ4v) is 9.35. The van der Waals surface area contributed by atoms with Crippen molar-refractivity contribution in [2.45, 2.75) is 0 Å². The van der Waals surface area contributed by atoms with Gasteiger partial charge in [0.2, 0.25) is 0 Å². The van der Waals surface area contributed by atoms with Crippen molar-refractivity contribution in [3.05, 3.63) is 90.5 Å². The zero-order valence-corrected chi connectivity index (χ0v) is 16.7. The number of methoxy groups -OCH3 is 1. The van der Waals surface area contributed by atoms with Crippen molar-refractivity contribution < 1.29 is 9.53 Å². The van der Waals surface area contributed by atoms with Crippen LogP contribution in [-0.2, 0) is 4.74 Å². The summed E-state index contributed by atoms with van der Waals surface area (Å²) in [6.45, 7) is 2.22. The van der Waals surface area contributed by atoms with Crippen molar-refractivity contribution in [3.8, 4) is 0 Å². The van der Waals surface area contributed by atoms with Gasteiger partial charge in [0.1, 0.15) is 0 Å². The van der Waals surface area contributed by atoms with E-state index in [1.807, 2.05) is 60.7 Å². The van der Waals surface area contributed by atoms with Gasteiger partial charge < -0.3 is 0 Å². The van der Waals surface area contributed by atoms with Crippen LogP contribution in [0.3, 0.4) is 0 Å². The molecule has 3 aromatic carbocycles. The van der Waals surface area contributed by atoms with Crippen LogP contribution in [0.4, 0.5) is 0 Å². The van der Waals surface area contributed by atoms with Gasteiger partial charge >= 0.3 is 156 Å². The van der Waals surface area contributed by atoms with E-state index >= 15 is 0 Å². The second kappa shape index (κ2) is 6.74. The Balaban J connectivity index is 2.42. The number of halogens is 1. The maximum absolute atomic E-state index is 12.5. The fraction of sp³-hybridized carbons (Fsp3) is 0.0952. The normalized spacial score (nSPS) is 12.8. The zero-order valence-electron chi connectivity index (χ0n) is 14.2. The SMILES string of the molecule is COC(=O)c1ccccc1P(C)(Br)(c1ccccc1)c1ccccc1. The Morgan fingerprint density at radius 1 is 0.800 bits per heavy atom. The Morgan fingerprint density at radius 3 is 1.72 bits per heavy atom. The third-order valence-electron chi connectivity index (χ3n) is 4.62. The Hall–Kier alpha value is -1.96. The van der Waals surface area contributed by atoms with Crippen molar-refractivity contribution >= 4 is 42.7 Å². The number of rotatable bonds is 4. The van der Waals surface area contributed by atoms with Gasteiger partial charge in [0.05, 0.1) is 0 Å². The molecular weight excluding hydrogens is 395 g/mol. The van der Waals surface area contributed by atoms with Crippen LogP contribution in [0.15, 0.2) is 84.9 Å². The summed E-state index contributed by atoms with van der Waals surface area (Å²) in [4.78, 5) is 12.5. The first-order chi connectivity index (χ1) is 12.0. The van der Waals surface area contributed by atoms with E-state index < -0.39 is 5.31 Å². The van der Waals surface area contributed by atoms with Crippen LogP contribution in [-0.4, -0.2) is 19.7 Å². The summed E-state index contributed by atoms with van der Waals surface area (Å²) in [5.74, 6) is -0.322. The van der Waals surface area contributed by atoms with Crippen LogP contribution in [0, 0.1) is 0 Å². The number of carbonyl (C=O) groups excluding carboxylic acids is 1. The van der Waals surface area contributed by atoms with E-state index in [2.05, 4.69) is 46.4 Å². The molecule has 3 rings (SSSR count). The number of esters is 1. The molecule has 0 fully saturated rings. The Labute approximate surface area is 156 Å². The third kappa shape index (κ3) is 2.92. The van der Waals surface area contributed by atoms with Gasteiger partial charge in [-0.05, 0) is 0 Å². The number of carbonyl (C=O) groups is 1. The first-order valence-electron chi connectivity index (χ1n) is 8.00. The second-order valence-corrected chi connectivity index (χ2v) is 15.8. The van der Waals surface area contributed by atoms with E-state index in [0.29, 0.717) is 5.56 Å². The summed E-state index contributed by atoms with van der Waals surface area (Å²) in [7, 11) is 1.42. The standard InChI is InChI=1S/C21H20BrO2P/c1-24-21(23)19-15-9-10-16-20(19)25(2,22,17-11-5-3-6-12-17)18-13-7-4-8-14-18/h3-16H,1-2H3. The molecule has 0 bridgehead atoms. The molecule has 0 aliphatic rings. The molecule has 0 aliphatic heterocycles. The minimum atomic E-state index is -3.00. The quantitative estimate of drug-likeness (QED) is 0.471. The van der Waals surface area contributed by atoms with Gasteiger partial charge in [-0.15, -0.1) is 0 Å². The molecule has 0 radical (unpaired) electrons. The molecule has 0 spiro atoms. The molecule has 0 amide bonds. The van der Waals surface area contributed by atoms with Gasteiger partial charge in [-0.2, -0.15) is 0 Å². The number of hydrogen-bond acceptors (Lipinski definition) is 2. The summed E-state index contributed by atoms with van der Waals surface area (Å²) in [6.07, 6.45) is 0. The van der Waals surface area contributed by atoms with Crippen molar-refractivity contribution in [1.82, 2.24) is 0 Å². The van der Waals surface area contributed by atoms with E-state index in [0.717, 1.165) is 15.9 Å². The average molecular weight is 415 g/mol. The van der Waals surface area contributed by atoms with Crippen LogP contribution in [0.25, 0.3) is 0 Å². The predicted octanol–water partition coefficient (Wildman–Crippen LogP) is 4.24. The monoisotopic (exact) mass is 414 g/mol. The summed E-state index contributed by atoms with van der Waals surface area (Å²) in [5, 5.41) is 0.301. The van der Waals surface area contributed by atoms with E-state index in [1.165, 1.54) is 7.11 Å². The summed E-state index contributed by atoms with van der Waals surface area (Å²) < 4.78 is 5.05. The van der Waals surface area contributed by atoms with Gasteiger partial charge in [-0.3, -0.25) is 0 Å². The van der Waals surface area contributed by atoms with E-state index in [4.69, 9.17) is 4.74 Å². The Bertz CT molecular complexity index is 849. The van der Waals surface area contributed by atoms with Crippen LogP contribution < -0.4 is 15.9 Å². The van der Waals surface area contributed by atoms with Crippen LogP contribution in [0.5, 0.6) is 0 Å². The van der Waals surface area contributed by atoms with Gasteiger partial charge in [0.15, 0.2) is 0 Å². The fourth-order valence-electron chi connectivity index (χ4n) is 3.21. The molecule has 0 heterocycles. The second-order valence-electron chi connectivity index (χ2n) is 6.11. The van der Waals surface area contributed by atoms with Crippen LogP contribution in [0.2, 0.25) is 0 Å². The van der Waals surface area contributed by atoms with Crippen molar-refractivity contribution in [3.63, 3.8) is 0 Å². The molecule has 2 nitrogen and oxygen atoms in total. The van der Waals surface area contributed by atoms with Gasteiger partial charge in [-0.1, -0.05) is 0 Å². The number of ether oxygens (including phenoxy) is 1. The number of hydrogen-bond donors (Lipinski definition) is 0. The molecule has 0 saturated carbocycles. The predicted molar refractivity (Wildman–Crippen MR) is 111 cm³/mol. The first-order valence-corrected chi connectivity index (χ1v) is 12.7. The van der Waals surface area contributed by atoms with Crippen molar-refractivity contribution in [1.29, 1.82) is 0 Å². The van der Waals surface area contributed by atoms with E-state index in [-0.39, 0.29) is 5.97 Å². The molecule has 128 valence electrons. The van der Waals surface area contributed by atoms with Crippen molar-refractivity contribution in [2.24, 2.45) is 0 Å². The summed E-state index contributed by atoms with van der Waals surface area (Å²) in [5.41, 5.74) is 0.592. The molecule has 0 aliphatic carbocycles. The Morgan fingerprint density at radius 2 is 1.24 bits per heavy atom. The zero-order chi connectivity index (χ0) is 17.9. The molecule has 0 saturated heterocycles. The van der Waals surface area contributed by atoms with E-state index in [1.54, 1.807) is 0 Å². The molecular formula is C21H20BrO2P. The molecule has 0 N–H and O–H groups in total. The summed E-state index contributed by atoms with van der Waals surface area (Å²) >= 11 is 4.19. The molecule has 25 heavy (non-hydrogen) atoms. The first kappa shape index (κ1) is 17.8. The van der Waals surface area contributed by atoms with Crippen molar-refractivity contribution in [2.75, 3.05) is 13.8 Å². The van der Waals surface area contributed by atoms with Crippen LogP contribution in [0.1, 0.15) is 10.4 Å². The molecule has 0 unspecified atom stereocenters. The minimum absolute atomic E-state index is 0.322. The van der Waals surface area contributed by atoms with Crippen LogP contribution >= 0.6 is 20.8 Å². The van der Waals surface area contributed by atoms with Gasteiger partial charge in [0.25, 0.3) is 0 Å². The average Bonchev–Trinajstić information content (AvgIpc) is 2.69. The van der Waals surface area contributed by atoms with E-state index in [9.17, 15) is 4.79 Å². The van der Waals surface area contributed by atoms with Gasteiger partial charge in [0, 0.05) is 0 Å². The summed E-state index contributed by atoms with van der Waals surface area (Å²) in [6, 6.07) is 28.3. The van der Waals surface area contributed by atoms with Gasteiger partial charge in [-0.25, -0.2) is 0 Å². The maximum atomic E-state index is 12.5. The third-order valence-corrected chi connectivity index (χ3v) is 12.8. The molecule has 4 heteroatoms. The number of benzene rings is 3. The topological polar surface area (TPSA) is 26.3 Å².